The number of amides is 2. The molecule has 0 fully saturated rings. The van der Waals surface area contributed by atoms with E-state index in [1.165, 1.54) is 0 Å². The predicted octanol–water partition coefficient (Wildman–Crippen LogP) is 4.26. The fraction of sp³-hybridized carbons (Fsp3) is 0.136. The number of carbonyl (C=O) groups excluding carboxylic acids is 1. The van der Waals surface area contributed by atoms with Gasteiger partial charge in [-0.15, -0.1) is 5.10 Å². The van der Waals surface area contributed by atoms with Gasteiger partial charge in [0.2, 0.25) is 5.88 Å². The SMILES string of the molecule is COCC(NC(=O)Nc1cc2[nH]nc(Oc3ccccc3)c2cn1)c1ccccc1. The molecule has 0 spiro atoms. The van der Waals surface area contributed by atoms with Crippen LogP contribution in [-0.4, -0.2) is 34.9 Å². The molecule has 4 rings (SSSR count). The van der Waals surface area contributed by atoms with E-state index in [-0.39, 0.29) is 12.1 Å². The molecule has 8 nitrogen and oxygen atoms in total. The Morgan fingerprint density at radius 2 is 1.83 bits per heavy atom. The lowest BCUT2D eigenvalue weighted by molar-refractivity contribution is 0.168. The van der Waals surface area contributed by atoms with E-state index >= 15 is 0 Å². The number of carbonyl (C=O) groups is 1. The third-order valence-corrected chi connectivity index (χ3v) is 4.45. The average Bonchev–Trinajstić information content (AvgIpc) is 3.16. The fourth-order valence-electron chi connectivity index (χ4n) is 3.02. The lowest BCUT2D eigenvalue weighted by atomic mass is 10.1. The minimum Gasteiger partial charge on any atom is -0.437 e. The summed E-state index contributed by atoms with van der Waals surface area (Å²) in [6.07, 6.45) is 1.61. The number of hydrogen-bond acceptors (Lipinski definition) is 5. The maximum atomic E-state index is 12.5. The number of nitrogens with one attached hydrogen (secondary N) is 3. The molecule has 152 valence electrons. The topological polar surface area (TPSA) is 101 Å². The summed E-state index contributed by atoms with van der Waals surface area (Å²) in [6.45, 7) is 0.352. The Balaban J connectivity index is 1.45. The van der Waals surface area contributed by atoms with Crippen LogP contribution >= 0.6 is 0 Å². The Labute approximate surface area is 173 Å². The van der Waals surface area contributed by atoms with Gasteiger partial charge in [-0.1, -0.05) is 48.5 Å². The van der Waals surface area contributed by atoms with Crippen LogP contribution in [0.15, 0.2) is 72.9 Å². The van der Waals surface area contributed by atoms with Gasteiger partial charge in [-0.05, 0) is 17.7 Å². The number of aromatic amines is 1. The molecule has 3 N–H and O–H groups in total. The van der Waals surface area contributed by atoms with Crippen molar-refractivity contribution in [2.75, 3.05) is 19.0 Å². The first-order valence-corrected chi connectivity index (χ1v) is 9.41. The monoisotopic (exact) mass is 403 g/mol. The van der Waals surface area contributed by atoms with Crippen LogP contribution in [0.4, 0.5) is 10.6 Å². The van der Waals surface area contributed by atoms with Gasteiger partial charge in [-0.3, -0.25) is 10.4 Å². The van der Waals surface area contributed by atoms with Crippen molar-refractivity contribution in [2.45, 2.75) is 6.04 Å². The third kappa shape index (κ3) is 4.56. The number of fused-ring (bicyclic) bond motifs is 1. The number of anilines is 1. The van der Waals surface area contributed by atoms with Gasteiger partial charge < -0.3 is 14.8 Å². The smallest absolute Gasteiger partial charge is 0.320 e. The summed E-state index contributed by atoms with van der Waals surface area (Å²) in [5.74, 6) is 1.49. The molecule has 0 saturated heterocycles. The van der Waals surface area contributed by atoms with Gasteiger partial charge in [-0.25, -0.2) is 9.78 Å². The molecule has 4 aromatic rings. The van der Waals surface area contributed by atoms with Gasteiger partial charge in [0.1, 0.15) is 11.6 Å². The number of H-pyrrole nitrogens is 1. The zero-order valence-corrected chi connectivity index (χ0v) is 16.3. The van der Waals surface area contributed by atoms with Crippen molar-refractivity contribution < 1.29 is 14.3 Å². The maximum Gasteiger partial charge on any atom is 0.320 e. The molecule has 1 atom stereocenters. The van der Waals surface area contributed by atoms with Crippen molar-refractivity contribution in [1.29, 1.82) is 0 Å². The molecule has 0 aliphatic heterocycles. The van der Waals surface area contributed by atoms with Crippen LogP contribution in [0.25, 0.3) is 10.9 Å². The zero-order chi connectivity index (χ0) is 20.8. The molecule has 0 aliphatic carbocycles. The molecule has 2 heterocycles. The van der Waals surface area contributed by atoms with Crippen LogP contribution in [0.1, 0.15) is 11.6 Å². The van der Waals surface area contributed by atoms with Crippen LogP contribution in [0, 0.1) is 0 Å². The highest BCUT2D eigenvalue weighted by atomic mass is 16.5. The number of benzene rings is 2. The highest BCUT2D eigenvalue weighted by Crippen LogP contribution is 2.27. The molecule has 8 heteroatoms. The average molecular weight is 403 g/mol. The predicted molar refractivity (Wildman–Crippen MR) is 114 cm³/mol. The number of methoxy groups -OCH3 is 1. The normalized spacial score (nSPS) is 11.8. The van der Waals surface area contributed by atoms with Crippen molar-refractivity contribution >= 4 is 22.8 Å². The first kappa shape index (κ1) is 19.4. The molecular weight excluding hydrogens is 382 g/mol. The van der Waals surface area contributed by atoms with E-state index in [2.05, 4.69) is 25.8 Å². The van der Waals surface area contributed by atoms with Crippen molar-refractivity contribution in [1.82, 2.24) is 20.5 Å². The number of hydrogen-bond donors (Lipinski definition) is 3. The van der Waals surface area contributed by atoms with Crippen LogP contribution in [0.3, 0.4) is 0 Å². The maximum absolute atomic E-state index is 12.5. The molecular formula is C22H21N5O3. The Bertz CT molecular complexity index is 1120. The van der Waals surface area contributed by atoms with Gasteiger partial charge in [0, 0.05) is 19.4 Å². The second-order valence-electron chi connectivity index (χ2n) is 6.58. The number of ether oxygens (including phenoxy) is 2. The van der Waals surface area contributed by atoms with Gasteiger partial charge >= 0.3 is 6.03 Å². The van der Waals surface area contributed by atoms with E-state index in [9.17, 15) is 4.79 Å². The number of para-hydroxylation sites is 1. The number of nitrogens with zero attached hydrogens (tertiary/aromatic N) is 2. The van der Waals surface area contributed by atoms with Crippen LogP contribution in [0.2, 0.25) is 0 Å². The van der Waals surface area contributed by atoms with Crippen molar-refractivity contribution in [3.8, 4) is 11.6 Å². The van der Waals surface area contributed by atoms with Crippen LogP contribution in [0.5, 0.6) is 11.6 Å². The van der Waals surface area contributed by atoms with E-state index in [4.69, 9.17) is 9.47 Å². The summed E-state index contributed by atoms with van der Waals surface area (Å²) in [4.78, 5) is 16.8. The van der Waals surface area contributed by atoms with E-state index in [1.807, 2.05) is 60.7 Å². The highest BCUT2D eigenvalue weighted by Gasteiger charge is 2.15. The number of rotatable bonds is 7. The van der Waals surface area contributed by atoms with E-state index in [0.717, 1.165) is 5.56 Å². The van der Waals surface area contributed by atoms with Crippen LogP contribution < -0.4 is 15.4 Å². The first-order chi connectivity index (χ1) is 14.7. The minimum absolute atomic E-state index is 0.280. The highest BCUT2D eigenvalue weighted by molar-refractivity contribution is 5.92. The second kappa shape index (κ2) is 9.06. The minimum atomic E-state index is -0.381. The van der Waals surface area contributed by atoms with E-state index in [0.29, 0.717) is 35.0 Å². The lowest BCUT2D eigenvalue weighted by Crippen LogP contribution is -2.35. The first-order valence-electron chi connectivity index (χ1n) is 9.41. The Morgan fingerprint density at radius 3 is 2.57 bits per heavy atom. The van der Waals surface area contributed by atoms with Crippen LogP contribution in [-0.2, 0) is 4.74 Å². The largest absolute Gasteiger partial charge is 0.437 e. The molecule has 30 heavy (non-hydrogen) atoms. The van der Waals surface area contributed by atoms with Gasteiger partial charge in [0.05, 0.1) is 23.6 Å². The summed E-state index contributed by atoms with van der Waals surface area (Å²) in [5.41, 5.74) is 1.65. The molecule has 0 bridgehead atoms. The number of urea groups is 1. The van der Waals surface area contributed by atoms with Gasteiger partial charge in [0.25, 0.3) is 0 Å². The molecule has 0 radical (unpaired) electrons. The molecule has 1 unspecified atom stereocenters. The number of aromatic nitrogens is 3. The summed E-state index contributed by atoms with van der Waals surface area (Å²) in [5, 5.41) is 13.5. The summed E-state index contributed by atoms with van der Waals surface area (Å²) >= 11 is 0. The Hall–Kier alpha value is -3.91. The van der Waals surface area contributed by atoms with Crippen molar-refractivity contribution in [3.05, 3.63) is 78.5 Å². The second-order valence-corrected chi connectivity index (χ2v) is 6.58. The molecule has 2 aromatic heterocycles. The summed E-state index contributed by atoms with van der Waals surface area (Å²) < 4.78 is 11.0. The Morgan fingerprint density at radius 1 is 1.10 bits per heavy atom. The molecule has 2 aromatic carbocycles. The van der Waals surface area contributed by atoms with Gasteiger partial charge in [-0.2, -0.15) is 0 Å². The molecule has 2 amide bonds. The summed E-state index contributed by atoms with van der Waals surface area (Å²) in [6, 6.07) is 20.0. The molecule has 0 aliphatic rings. The Kier molecular flexibility index (Phi) is 5.86. The lowest BCUT2D eigenvalue weighted by Gasteiger charge is -2.18. The van der Waals surface area contributed by atoms with Crippen molar-refractivity contribution in [2.24, 2.45) is 0 Å². The zero-order valence-electron chi connectivity index (χ0n) is 16.3. The van der Waals surface area contributed by atoms with Gasteiger partial charge in [0.15, 0.2) is 0 Å². The van der Waals surface area contributed by atoms with Crippen molar-refractivity contribution in [3.63, 3.8) is 0 Å². The third-order valence-electron chi connectivity index (χ3n) is 4.45. The standard InChI is InChI=1S/C22H21N5O3/c1-29-14-19(15-8-4-2-5-9-15)24-22(28)25-20-12-18-17(13-23-20)21(27-26-18)30-16-10-6-3-7-11-16/h2-13,19H,14H2,1H3,(H,26,27)(H2,23,24,25,28). The number of pyridine rings is 1. The summed E-state index contributed by atoms with van der Waals surface area (Å²) in [7, 11) is 1.60. The fourth-order valence-corrected chi connectivity index (χ4v) is 3.02. The quantitative estimate of drug-likeness (QED) is 0.428. The van der Waals surface area contributed by atoms with E-state index < -0.39 is 0 Å². The van der Waals surface area contributed by atoms with E-state index in [1.54, 1.807) is 19.4 Å². The molecule has 0 saturated carbocycles.